The second-order valence-corrected chi connectivity index (χ2v) is 7.05. The van der Waals surface area contributed by atoms with Crippen LogP contribution in [0.4, 0.5) is 0 Å². The van der Waals surface area contributed by atoms with Crippen LogP contribution in [0, 0.1) is 6.92 Å². The summed E-state index contributed by atoms with van der Waals surface area (Å²) in [6.07, 6.45) is 3.31. The molecule has 2 heteroatoms. The average Bonchev–Trinajstić information content (AvgIpc) is 2.96. The van der Waals surface area contributed by atoms with E-state index < -0.39 is 0 Å². The van der Waals surface area contributed by atoms with Gasteiger partial charge in [-0.3, -0.25) is 0 Å². The van der Waals surface area contributed by atoms with E-state index in [-0.39, 0.29) is 11.5 Å². The molecule has 0 fully saturated rings. The van der Waals surface area contributed by atoms with Crippen LogP contribution in [0.2, 0.25) is 0 Å². The summed E-state index contributed by atoms with van der Waals surface area (Å²) in [6.45, 7) is 4.40. The largest absolute Gasteiger partial charge is 0.357 e. The third-order valence-electron chi connectivity index (χ3n) is 5.65. The van der Waals surface area contributed by atoms with Crippen LogP contribution in [0.15, 0.2) is 48.5 Å². The summed E-state index contributed by atoms with van der Waals surface area (Å²) >= 11 is 0. The van der Waals surface area contributed by atoms with Gasteiger partial charge in [0, 0.05) is 22.5 Å². The quantitative estimate of drug-likeness (QED) is 0.703. The Kier molecular flexibility index (Phi) is 3.31. The first-order chi connectivity index (χ1) is 11.1. The molecule has 2 aromatic carbocycles. The third kappa shape index (κ3) is 2.21. The van der Waals surface area contributed by atoms with Crippen LogP contribution in [0.1, 0.15) is 48.1 Å². The summed E-state index contributed by atoms with van der Waals surface area (Å²) in [4.78, 5) is 3.64. The van der Waals surface area contributed by atoms with Gasteiger partial charge in [-0.05, 0) is 43.4 Å². The lowest BCUT2D eigenvalue weighted by atomic mass is 9.71. The molecule has 2 nitrogen and oxygen atoms in total. The van der Waals surface area contributed by atoms with E-state index in [0.717, 1.165) is 19.3 Å². The number of benzene rings is 2. The molecule has 3 aromatic rings. The number of aromatic nitrogens is 1. The Hall–Kier alpha value is -2.06. The Morgan fingerprint density at radius 2 is 1.83 bits per heavy atom. The number of rotatable bonds is 2. The van der Waals surface area contributed by atoms with E-state index in [1.54, 1.807) is 0 Å². The van der Waals surface area contributed by atoms with Crippen molar-refractivity contribution in [2.75, 3.05) is 0 Å². The highest BCUT2D eigenvalue weighted by Gasteiger charge is 2.40. The summed E-state index contributed by atoms with van der Waals surface area (Å²) < 4.78 is 0. The number of hydrogen-bond donors (Lipinski definition) is 2. The predicted molar refractivity (Wildman–Crippen MR) is 96.7 cm³/mol. The van der Waals surface area contributed by atoms with Gasteiger partial charge in [0.2, 0.25) is 0 Å². The van der Waals surface area contributed by atoms with E-state index >= 15 is 0 Å². The monoisotopic (exact) mass is 304 g/mol. The molecule has 1 unspecified atom stereocenters. The van der Waals surface area contributed by atoms with Crippen molar-refractivity contribution in [2.45, 2.75) is 44.6 Å². The Morgan fingerprint density at radius 1 is 1.09 bits per heavy atom. The summed E-state index contributed by atoms with van der Waals surface area (Å²) in [6, 6.07) is 17.4. The van der Waals surface area contributed by atoms with Crippen molar-refractivity contribution in [3.63, 3.8) is 0 Å². The predicted octanol–water partition coefficient (Wildman–Crippen LogP) is 4.77. The zero-order valence-corrected chi connectivity index (χ0v) is 13.9. The molecule has 23 heavy (non-hydrogen) atoms. The fourth-order valence-electron chi connectivity index (χ4n) is 4.13. The van der Waals surface area contributed by atoms with Gasteiger partial charge < -0.3 is 10.7 Å². The highest BCUT2D eigenvalue weighted by Crippen LogP contribution is 2.44. The first-order valence-corrected chi connectivity index (χ1v) is 8.55. The van der Waals surface area contributed by atoms with Crippen molar-refractivity contribution >= 4 is 10.9 Å². The first-order valence-electron chi connectivity index (χ1n) is 8.55. The maximum Gasteiger partial charge on any atom is 0.0631 e. The molecule has 3 N–H and O–H groups in total. The van der Waals surface area contributed by atoms with Crippen molar-refractivity contribution in [1.29, 1.82) is 0 Å². The van der Waals surface area contributed by atoms with Gasteiger partial charge in [-0.25, -0.2) is 0 Å². The lowest BCUT2D eigenvalue weighted by Crippen LogP contribution is -2.44. The maximum atomic E-state index is 7.02. The van der Waals surface area contributed by atoms with Gasteiger partial charge in [-0.15, -0.1) is 0 Å². The van der Waals surface area contributed by atoms with Crippen LogP contribution in [0.5, 0.6) is 0 Å². The molecule has 1 heterocycles. The van der Waals surface area contributed by atoms with Gasteiger partial charge in [0.1, 0.15) is 0 Å². The Labute approximate surface area is 137 Å². The van der Waals surface area contributed by atoms with E-state index in [1.807, 2.05) is 0 Å². The first kappa shape index (κ1) is 14.5. The van der Waals surface area contributed by atoms with Gasteiger partial charge >= 0.3 is 0 Å². The van der Waals surface area contributed by atoms with Crippen molar-refractivity contribution < 1.29 is 0 Å². The molecular formula is C21H24N2. The molecule has 1 aliphatic rings. The minimum atomic E-state index is -0.318. The summed E-state index contributed by atoms with van der Waals surface area (Å²) in [5.41, 5.74) is 13.2. The molecule has 118 valence electrons. The van der Waals surface area contributed by atoms with Gasteiger partial charge in [-0.1, -0.05) is 55.0 Å². The minimum Gasteiger partial charge on any atom is -0.357 e. The van der Waals surface area contributed by atoms with Crippen LogP contribution in [-0.4, -0.2) is 4.98 Å². The van der Waals surface area contributed by atoms with Gasteiger partial charge in [0.15, 0.2) is 0 Å². The van der Waals surface area contributed by atoms with Crippen LogP contribution < -0.4 is 5.73 Å². The summed E-state index contributed by atoms with van der Waals surface area (Å²) in [7, 11) is 0. The van der Waals surface area contributed by atoms with E-state index in [9.17, 15) is 0 Å². The van der Waals surface area contributed by atoms with Gasteiger partial charge in [0.25, 0.3) is 0 Å². The number of nitrogens with two attached hydrogens (primary N) is 1. The topological polar surface area (TPSA) is 41.8 Å². The van der Waals surface area contributed by atoms with Crippen LogP contribution in [-0.2, 0) is 12.0 Å². The lowest BCUT2D eigenvalue weighted by Gasteiger charge is -2.39. The van der Waals surface area contributed by atoms with E-state index in [0.29, 0.717) is 0 Å². The lowest BCUT2D eigenvalue weighted by molar-refractivity contribution is 0.310. The van der Waals surface area contributed by atoms with Gasteiger partial charge in [-0.2, -0.15) is 0 Å². The van der Waals surface area contributed by atoms with Crippen LogP contribution in [0.25, 0.3) is 10.9 Å². The van der Waals surface area contributed by atoms with Crippen molar-refractivity contribution in [3.8, 4) is 0 Å². The highest BCUT2D eigenvalue weighted by atomic mass is 14.9. The van der Waals surface area contributed by atoms with Crippen LogP contribution in [0.3, 0.4) is 0 Å². The molecule has 0 bridgehead atoms. The number of nitrogens with one attached hydrogen (secondary N) is 1. The molecular weight excluding hydrogens is 280 g/mol. The van der Waals surface area contributed by atoms with E-state index in [4.69, 9.17) is 5.73 Å². The molecule has 4 rings (SSSR count). The molecule has 0 radical (unpaired) electrons. The number of para-hydroxylation sites is 1. The average molecular weight is 304 g/mol. The standard InChI is InChI=1S/C21H24N2/c1-14-9-11-16(12-10-14)15(2)21(22)13-5-7-18-17-6-3-4-8-19(17)23-20(18)21/h3-4,6,8-12,15,23H,5,7,13,22H2,1-2H3/t15-,21?/m1/s1. The number of hydrogen-bond acceptors (Lipinski definition) is 1. The van der Waals surface area contributed by atoms with Crippen LogP contribution >= 0.6 is 0 Å². The van der Waals surface area contributed by atoms with Crippen molar-refractivity contribution in [2.24, 2.45) is 5.73 Å². The van der Waals surface area contributed by atoms with Gasteiger partial charge in [0.05, 0.1) is 5.54 Å². The third-order valence-corrected chi connectivity index (χ3v) is 5.65. The molecule has 0 amide bonds. The molecule has 1 aromatic heterocycles. The molecule has 0 saturated heterocycles. The number of fused-ring (bicyclic) bond motifs is 3. The minimum absolute atomic E-state index is 0.287. The Balaban J connectivity index is 1.84. The molecule has 0 spiro atoms. The second-order valence-electron chi connectivity index (χ2n) is 7.05. The zero-order chi connectivity index (χ0) is 16.0. The summed E-state index contributed by atoms with van der Waals surface area (Å²) in [5.74, 6) is 0.287. The van der Waals surface area contributed by atoms with E-state index in [1.165, 1.54) is 33.3 Å². The molecule has 0 aliphatic heterocycles. The fourth-order valence-corrected chi connectivity index (χ4v) is 4.13. The SMILES string of the molecule is Cc1ccc([C@@H](C)C2(N)CCCc3c2[nH]c2ccccc32)cc1. The molecule has 0 saturated carbocycles. The number of aryl methyl sites for hydroxylation is 2. The highest BCUT2D eigenvalue weighted by molar-refractivity contribution is 5.85. The zero-order valence-electron chi connectivity index (χ0n) is 13.9. The Morgan fingerprint density at radius 3 is 2.61 bits per heavy atom. The maximum absolute atomic E-state index is 7.02. The van der Waals surface area contributed by atoms with E-state index in [2.05, 4.69) is 67.4 Å². The second kappa shape index (κ2) is 5.24. The molecule has 1 aliphatic carbocycles. The summed E-state index contributed by atoms with van der Waals surface area (Å²) in [5, 5.41) is 1.34. The van der Waals surface area contributed by atoms with Crippen molar-refractivity contribution in [1.82, 2.24) is 4.98 Å². The number of aromatic amines is 1. The normalized spacial score (nSPS) is 22.0. The fraction of sp³-hybridized carbons (Fsp3) is 0.333. The molecule has 2 atom stereocenters. The van der Waals surface area contributed by atoms with Crippen molar-refractivity contribution in [3.05, 3.63) is 70.9 Å². The smallest absolute Gasteiger partial charge is 0.0631 e. The Bertz CT molecular complexity index is 844. The number of H-pyrrole nitrogens is 1.